The van der Waals surface area contributed by atoms with Crippen LogP contribution in [0.3, 0.4) is 0 Å². The lowest BCUT2D eigenvalue weighted by atomic mass is 10.2. The molecule has 1 amide bonds. The lowest BCUT2D eigenvalue weighted by molar-refractivity contribution is 0.102. The Balaban J connectivity index is 2.13. The van der Waals surface area contributed by atoms with Crippen LogP contribution in [0.5, 0.6) is 0 Å². The molecule has 0 aliphatic carbocycles. The molecule has 19 heavy (non-hydrogen) atoms. The predicted molar refractivity (Wildman–Crippen MR) is 68.6 cm³/mol. The second kappa shape index (κ2) is 5.45. The van der Waals surface area contributed by atoms with Crippen molar-refractivity contribution in [2.24, 2.45) is 5.84 Å². The summed E-state index contributed by atoms with van der Waals surface area (Å²) in [6.07, 6.45) is 0. The van der Waals surface area contributed by atoms with E-state index in [9.17, 15) is 13.6 Å². The molecule has 2 aromatic carbocycles. The van der Waals surface area contributed by atoms with Crippen LogP contribution in [0.15, 0.2) is 42.5 Å². The minimum atomic E-state index is -1.01. The number of halogens is 2. The fourth-order valence-electron chi connectivity index (χ4n) is 1.49. The van der Waals surface area contributed by atoms with E-state index in [0.29, 0.717) is 11.3 Å². The zero-order valence-electron chi connectivity index (χ0n) is 9.78. The van der Waals surface area contributed by atoms with Crippen molar-refractivity contribution >= 4 is 17.3 Å². The first-order chi connectivity index (χ1) is 9.10. The van der Waals surface area contributed by atoms with Gasteiger partial charge in [-0.05, 0) is 36.4 Å². The lowest BCUT2D eigenvalue weighted by Gasteiger charge is -2.06. The molecule has 0 saturated heterocycles. The van der Waals surface area contributed by atoms with Gasteiger partial charge in [-0.25, -0.2) is 8.78 Å². The summed E-state index contributed by atoms with van der Waals surface area (Å²) >= 11 is 0. The van der Waals surface area contributed by atoms with E-state index in [1.165, 1.54) is 6.07 Å². The van der Waals surface area contributed by atoms with Gasteiger partial charge in [0.05, 0.1) is 0 Å². The van der Waals surface area contributed by atoms with E-state index in [-0.39, 0.29) is 5.69 Å². The van der Waals surface area contributed by atoms with Gasteiger partial charge < -0.3 is 10.7 Å². The van der Waals surface area contributed by atoms with Crippen molar-refractivity contribution < 1.29 is 13.6 Å². The zero-order valence-corrected chi connectivity index (χ0v) is 9.78. The number of nitrogens with one attached hydrogen (secondary N) is 2. The third-order valence-corrected chi connectivity index (χ3v) is 2.49. The molecule has 0 spiro atoms. The maximum absolute atomic E-state index is 13.0. The molecule has 0 saturated carbocycles. The Morgan fingerprint density at radius 2 is 1.58 bits per heavy atom. The highest BCUT2D eigenvalue weighted by Crippen LogP contribution is 2.15. The Labute approximate surface area is 108 Å². The topological polar surface area (TPSA) is 67.1 Å². The van der Waals surface area contributed by atoms with E-state index in [2.05, 4.69) is 10.7 Å². The van der Waals surface area contributed by atoms with Gasteiger partial charge in [0.15, 0.2) is 11.6 Å². The molecule has 0 aliphatic heterocycles. The molecule has 0 aromatic heterocycles. The zero-order chi connectivity index (χ0) is 13.8. The number of benzene rings is 2. The highest BCUT2D eigenvalue weighted by Gasteiger charge is 2.08. The van der Waals surface area contributed by atoms with E-state index in [1.807, 2.05) is 0 Å². The minimum Gasteiger partial charge on any atom is -0.324 e. The summed E-state index contributed by atoms with van der Waals surface area (Å²) in [5.74, 6) is 2.81. The first-order valence-corrected chi connectivity index (χ1v) is 5.43. The molecule has 0 aliphatic rings. The normalized spacial score (nSPS) is 10.1. The largest absolute Gasteiger partial charge is 0.324 e. The van der Waals surface area contributed by atoms with Crippen LogP contribution < -0.4 is 16.6 Å². The van der Waals surface area contributed by atoms with E-state index >= 15 is 0 Å². The molecule has 0 bridgehead atoms. The average molecular weight is 263 g/mol. The lowest BCUT2D eigenvalue weighted by Crippen LogP contribution is -2.12. The van der Waals surface area contributed by atoms with Gasteiger partial charge in [0.1, 0.15) is 0 Å². The Morgan fingerprint density at radius 3 is 2.16 bits per heavy atom. The Hall–Kier alpha value is -2.47. The quantitative estimate of drug-likeness (QED) is 0.588. The Bertz CT molecular complexity index is 599. The van der Waals surface area contributed by atoms with Crippen LogP contribution in [0.2, 0.25) is 0 Å². The third-order valence-electron chi connectivity index (χ3n) is 2.49. The minimum absolute atomic E-state index is 0.185. The van der Waals surface area contributed by atoms with Gasteiger partial charge in [-0.2, -0.15) is 0 Å². The van der Waals surface area contributed by atoms with Crippen molar-refractivity contribution in [2.45, 2.75) is 0 Å². The summed E-state index contributed by atoms with van der Waals surface area (Å²) in [6, 6.07) is 9.52. The molecular weight excluding hydrogens is 252 g/mol. The molecule has 0 radical (unpaired) electrons. The Morgan fingerprint density at radius 1 is 0.947 bits per heavy atom. The molecule has 0 heterocycles. The number of rotatable bonds is 3. The summed E-state index contributed by atoms with van der Waals surface area (Å²) in [6.45, 7) is 0. The molecular formula is C13H11F2N3O. The van der Waals surface area contributed by atoms with Crippen LogP contribution in [-0.2, 0) is 0 Å². The maximum Gasteiger partial charge on any atom is 0.255 e. The number of anilines is 2. The number of carbonyl (C=O) groups excluding carboxylic acids is 1. The summed E-state index contributed by atoms with van der Waals surface area (Å²) in [5.41, 5.74) is 3.65. The number of nitrogens with two attached hydrogens (primary N) is 1. The standard InChI is InChI=1S/C13H11F2N3O/c14-11-6-5-10(7-12(11)15)17-13(19)8-1-3-9(18-16)4-2-8/h1-7,18H,16H2,(H,17,19). The second-order valence-corrected chi connectivity index (χ2v) is 3.80. The fourth-order valence-corrected chi connectivity index (χ4v) is 1.49. The van der Waals surface area contributed by atoms with Gasteiger partial charge in [0, 0.05) is 23.0 Å². The van der Waals surface area contributed by atoms with Crippen molar-refractivity contribution in [1.29, 1.82) is 0 Å². The van der Waals surface area contributed by atoms with Crippen molar-refractivity contribution in [3.05, 3.63) is 59.7 Å². The number of hydrogen-bond donors (Lipinski definition) is 3. The van der Waals surface area contributed by atoms with Crippen LogP contribution >= 0.6 is 0 Å². The van der Waals surface area contributed by atoms with Gasteiger partial charge in [0.25, 0.3) is 5.91 Å². The molecule has 2 rings (SSSR count). The van der Waals surface area contributed by atoms with Gasteiger partial charge in [-0.1, -0.05) is 0 Å². The molecule has 6 heteroatoms. The van der Waals surface area contributed by atoms with E-state index in [0.717, 1.165) is 12.1 Å². The monoisotopic (exact) mass is 263 g/mol. The summed E-state index contributed by atoms with van der Waals surface area (Å²) in [5, 5.41) is 2.47. The first kappa shape index (κ1) is 13.0. The third kappa shape index (κ3) is 3.05. The number of amides is 1. The van der Waals surface area contributed by atoms with Gasteiger partial charge in [0.2, 0.25) is 0 Å². The van der Waals surface area contributed by atoms with Gasteiger partial charge >= 0.3 is 0 Å². The number of carbonyl (C=O) groups is 1. The molecule has 98 valence electrons. The molecule has 4 N–H and O–H groups in total. The number of hydrazine groups is 1. The van der Waals surface area contributed by atoms with Gasteiger partial charge in [-0.3, -0.25) is 10.6 Å². The van der Waals surface area contributed by atoms with Crippen molar-refractivity contribution in [1.82, 2.24) is 0 Å². The van der Waals surface area contributed by atoms with Crippen LogP contribution in [0.25, 0.3) is 0 Å². The summed E-state index contributed by atoms with van der Waals surface area (Å²) in [4.78, 5) is 11.8. The van der Waals surface area contributed by atoms with E-state index in [4.69, 9.17) is 5.84 Å². The summed E-state index contributed by atoms with van der Waals surface area (Å²) in [7, 11) is 0. The Kier molecular flexibility index (Phi) is 3.72. The SMILES string of the molecule is NNc1ccc(C(=O)Nc2ccc(F)c(F)c2)cc1. The van der Waals surface area contributed by atoms with E-state index in [1.54, 1.807) is 24.3 Å². The van der Waals surface area contributed by atoms with Crippen LogP contribution in [0.4, 0.5) is 20.2 Å². The van der Waals surface area contributed by atoms with E-state index < -0.39 is 17.5 Å². The first-order valence-electron chi connectivity index (χ1n) is 5.43. The predicted octanol–water partition coefficient (Wildman–Crippen LogP) is 2.50. The van der Waals surface area contributed by atoms with Crippen molar-refractivity contribution in [2.75, 3.05) is 10.7 Å². The van der Waals surface area contributed by atoms with Crippen LogP contribution in [0.1, 0.15) is 10.4 Å². The van der Waals surface area contributed by atoms with Crippen LogP contribution in [0, 0.1) is 11.6 Å². The van der Waals surface area contributed by atoms with Crippen molar-refractivity contribution in [3.63, 3.8) is 0 Å². The fraction of sp³-hybridized carbons (Fsp3) is 0. The molecule has 0 unspecified atom stereocenters. The second-order valence-electron chi connectivity index (χ2n) is 3.80. The highest BCUT2D eigenvalue weighted by molar-refractivity contribution is 6.04. The highest BCUT2D eigenvalue weighted by atomic mass is 19.2. The molecule has 2 aromatic rings. The number of hydrogen-bond acceptors (Lipinski definition) is 3. The van der Waals surface area contributed by atoms with Gasteiger partial charge in [-0.15, -0.1) is 0 Å². The molecule has 4 nitrogen and oxygen atoms in total. The molecule has 0 atom stereocenters. The average Bonchev–Trinajstić information content (AvgIpc) is 2.43. The molecule has 0 fully saturated rings. The smallest absolute Gasteiger partial charge is 0.255 e. The van der Waals surface area contributed by atoms with Crippen LogP contribution in [-0.4, -0.2) is 5.91 Å². The summed E-state index contributed by atoms with van der Waals surface area (Å²) < 4.78 is 25.7. The maximum atomic E-state index is 13.0. The van der Waals surface area contributed by atoms with Crippen molar-refractivity contribution in [3.8, 4) is 0 Å². The number of nitrogen functional groups attached to an aromatic ring is 1.